The van der Waals surface area contributed by atoms with Crippen LogP contribution in [0.3, 0.4) is 0 Å². The second-order valence-corrected chi connectivity index (χ2v) is 19.1. The second-order valence-electron chi connectivity index (χ2n) is 19.1. The zero-order valence-corrected chi connectivity index (χ0v) is 45.3. The third-order valence-corrected chi connectivity index (χ3v) is 12.4. The van der Waals surface area contributed by atoms with Crippen LogP contribution in [-0.2, 0) is 28.6 Å². The van der Waals surface area contributed by atoms with Crippen LogP contribution < -0.4 is 0 Å². The van der Waals surface area contributed by atoms with Gasteiger partial charge in [0.1, 0.15) is 13.2 Å². The maximum Gasteiger partial charge on any atom is 0.306 e. The van der Waals surface area contributed by atoms with Crippen LogP contribution in [0.15, 0.2) is 85.1 Å². The Labute approximate surface area is 426 Å². The van der Waals surface area contributed by atoms with Crippen molar-refractivity contribution in [3.05, 3.63) is 85.1 Å². The third kappa shape index (κ3) is 55.4. The van der Waals surface area contributed by atoms with Crippen molar-refractivity contribution in [2.45, 2.75) is 284 Å². The van der Waals surface area contributed by atoms with Gasteiger partial charge in [0, 0.05) is 19.3 Å². The zero-order chi connectivity index (χ0) is 50.0. The summed E-state index contributed by atoms with van der Waals surface area (Å²) in [5, 5.41) is 0. The molecule has 0 bridgehead atoms. The van der Waals surface area contributed by atoms with E-state index in [1.807, 2.05) is 0 Å². The number of carbonyl (C=O) groups excluding carboxylic acids is 3. The Balaban J connectivity index is 4.37. The Hall–Kier alpha value is -3.41. The van der Waals surface area contributed by atoms with Gasteiger partial charge in [-0.3, -0.25) is 14.4 Å². The summed E-state index contributed by atoms with van der Waals surface area (Å²) in [5.41, 5.74) is 0. The molecule has 69 heavy (non-hydrogen) atoms. The van der Waals surface area contributed by atoms with E-state index in [1.54, 1.807) is 0 Å². The molecule has 0 aromatic carbocycles. The molecule has 0 aliphatic carbocycles. The van der Waals surface area contributed by atoms with Crippen LogP contribution >= 0.6 is 0 Å². The molecule has 1 atom stereocenters. The van der Waals surface area contributed by atoms with Crippen molar-refractivity contribution in [1.82, 2.24) is 0 Å². The van der Waals surface area contributed by atoms with Crippen LogP contribution in [0.5, 0.6) is 0 Å². The first-order valence-electron chi connectivity index (χ1n) is 29.1. The minimum atomic E-state index is -0.784. The number of rotatable bonds is 52. The molecule has 396 valence electrons. The summed E-state index contributed by atoms with van der Waals surface area (Å²) in [4.78, 5) is 38.2. The summed E-state index contributed by atoms with van der Waals surface area (Å²) in [6.45, 7) is 6.42. The molecule has 0 spiro atoms. The van der Waals surface area contributed by atoms with Crippen molar-refractivity contribution in [2.24, 2.45) is 0 Å². The lowest BCUT2D eigenvalue weighted by atomic mass is 10.0. The van der Waals surface area contributed by atoms with Gasteiger partial charge in [0.25, 0.3) is 0 Å². The smallest absolute Gasteiger partial charge is 0.306 e. The van der Waals surface area contributed by atoms with Gasteiger partial charge < -0.3 is 14.2 Å². The third-order valence-electron chi connectivity index (χ3n) is 12.4. The van der Waals surface area contributed by atoms with Crippen molar-refractivity contribution >= 4 is 17.9 Å². The molecule has 6 heteroatoms. The molecule has 0 saturated heterocycles. The van der Waals surface area contributed by atoms with E-state index in [-0.39, 0.29) is 31.1 Å². The fraction of sp³-hybridized carbons (Fsp3) is 0.730. The molecule has 0 aromatic heterocycles. The molecule has 6 nitrogen and oxygen atoms in total. The number of hydrogen-bond donors (Lipinski definition) is 0. The quantitative estimate of drug-likeness (QED) is 0.0262. The largest absolute Gasteiger partial charge is 0.462 e. The van der Waals surface area contributed by atoms with Crippen LogP contribution in [0.4, 0.5) is 0 Å². The molecule has 0 aliphatic rings. The van der Waals surface area contributed by atoms with Crippen LogP contribution in [-0.4, -0.2) is 37.2 Å². The van der Waals surface area contributed by atoms with Crippen molar-refractivity contribution in [3.8, 4) is 0 Å². The molecule has 1 unspecified atom stereocenters. The molecule has 0 amide bonds. The van der Waals surface area contributed by atoms with E-state index in [4.69, 9.17) is 14.2 Å². The number of hydrogen-bond acceptors (Lipinski definition) is 6. The molecule has 0 saturated carbocycles. The lowest BCUT2D eigenvalue weighted by Crippen LogP contribution is -2.30. The van der Waals surface area contributed by atoms with Crippen molar-refractivity contribution < 1.29 is 28.6 Å². The van der Waals surface area contributed by atoms with Gasteiger partial charge in [-0.05, 0) is 89.9 Å². The van der Waals surface area contributed by atoms with Gasteiger partial charge in [-0.1, -0.05) is 254 Å². The number of unbranched alkanes of at least 4 members (excludes halogenated alkanes) is 27. The fourth-order valence-electron chi connectivity index (χ4n) is 8.10. The van der Waals surface area contributed by atoms with E-state index in [0.29, 0.717) is 19.3 Å². The number of ether oxygens (including phenoxy) is 3. The summed E-state index contributed by atoms with van der Waals surface area (Å²) in [7, 11) is 0. The molecular formula is C63H108O6. The van der Waals surface area contributed by atoms with Crippen molar-refractivity contribution in [2.75, 3.05) is 13.2 Å². The summed E-state index contributed by atoms with van der Waals surface area (Å²) in [6, 6.07) is 0. The Morgan fingerprint density at radius 1 is 0.304 bits per heavy atom. The molecule has 0 radical (unpaired) electrons. The topological polar surface area (TPSA) is 78.9 Å². The van der Waals surface area contributed by atoms with Crippen LogP contribution in [0.1, 0.15) is 278 Å². The highest BCUT2D eigenvalue weighted by Crippen LogP contribution is 2.16. The normalized spacial score (nSPS) is 12.7. The first-order chi connectivity index (χ1) is 34.0. The minimum Gasteiger partial charge on any atom is -0.462 e. The maximum atomic E-state index is 12.9. The predicted molar refractivity (Wildman–Crippen MR) is 297 cm³/mol. The summed E-state index contributed by atoms with van der Waals surface area (Å²) >= 11 is 0. The Morgan fingerprint density at radius 3 is 0.884 bits per heavy atom. The Morgan fingerprint density at radius 2 is 0.565 bits per heavy atom. The minimum absolute atomic E-state index is 0.0811. The highest BCUT2D eigenvalue weighted by Gasteiger charge is 2.19. The van der Waals surface area contributed by atoms with E-state index in [9.17, 15) is 14.4 Å². The monoisotopic (exact) mass is 961 g/mol. The summed E-state index contributed by atoms with van der Waals surface area (Å²) in [5.74, 6) is -0.891. The van der Waals surface area contributed by atoms with Gasteiger partial charge in [0.05, 0.1) is 0 Å². The van der Waals surface area contributed by atoms with E-state index in [2.05, 4.69) is 106 Å². The van der Waals surface area contributed by atoms with Crippen LogP contribution in [0, 0.1) is 0 Å². The van der Waals surface area contributed by atoms with E-state index in [0.717, 1.165) is 116 Å². The first-order valence-corrected chi connectivity index (χ1v) is 29.1. The van der Waals surface area contributed by atoms with Gasteiger partial charge in [-0.25, -0.2) is 0 Å². The van der Waals surface area contributed by atoms with E-state index in [1.165, 1.54) is 122 Å². The van der Waals surface area contributed by atoms with Crippen LogP contribution in [0.2, 0.25) is 0 Å². The Bertz CT molecular complexity index is 1330. The molecule has 0 aromatic rings. The van der Waals surface area contributed by atoms with Crippen molar-refractivity contribution in [3.63, 3.8) is 0 Å². The average molecular weight is 962 g/mol. The lowest BCUT2D eigenvalue weighted by molar-refractivity contribution is -0.167. The van der Waals surface area contributed by atoms with Gasteiger partial charge in [-0.2, -0.15) is 0 Å². The van der Waals surface area contributed by atoms with Crippen molar-refractivity contribution in [1.29, 1.82) is 0 Å². The molecular weight excluding hydrogens is 853 g/mol. The predicted octanol–water partition coefficient (Wildman–Crippen LogP) is 19.5. The zero-order valence-electron chi connectivity index (χ0n) is 45.3. The van der Waals surface area contributed by atoms with Crippen LogP contribution in [0.25, 0.3) is 0 Å². The van der Waals surface area contributed by atoms with E-state index >= 15 is 0 Å². The lowest BCUT2D eigenvalue weighted by Gasteiger charge is -2.18. The van der Waals surface area contributed by atoms with Gasteiger partial charge >= 0.3 is 17.9 Å². The maximum absolute atomic E-state index is 12.9. The number of esters is 3. The molecule has 0 heterocycles. The van der Waals surface area contributed by atoms with E-state index < -0.39 is 6.10 Å². The summed E-state index contributed by atoms with van der Waals surface area (Å²) < 4.78 is 16.9. The highest BCUT2D eigenvalue weighted by atomic mass is 16.6. The molecule has 0 N–H and O–H groups in total. The molecule has 0 fully saturated rings. The fourth-order valence-corrected chi connectivity index (χ4v) is 8.10. The van der Waals surface area contributed by atoms with Gasteiger partial charge in [-0.15, -0.1) is 0 Å². The standard InChI is InChI=1S/C63H108O6/c1-4-7-10-13-16-19-22-25-27-29-30-31-32-34-35-38-41-44-47-50-53-56-62(65)68-59-60(58-67-61(64)55-52-49-46-43-40-37-24-21-18-15-12-9-6-3)69-63(66)57-54-51-48-45-42-39-36-33-28-26-23-20-17-14-11-8-5-2/h7-8,10-11,16-17,19-20,25-28,30-31,60H,4-6,9,12-15,18,21-24,29,32-59H2,1-3H3/b10-7-,11-8-,19-16-,20-17-,27-25-,28-26-,31-30-. The van der Waals surface area contributed by atoms with Gasteiger partial charge in [0.2, 0.25) is 0 Å². The Kier molecular flexibility index (Phi) is 54.3. The average Bonchev–Trinajstić information content (AvgIpc) is 3.35. The summed E-state index contributed by atoms with van der Waals surface area (Å²) in [6.07, 6.45) is 74.3. The SMILES string of the molecule is CC/C=C\C/C=C\C/C=C\C/C=C\CCCCCCCCCCC(=O)OCC(COC(=O)CCCCCCCCCCCCCCC)OC(=O)CCCCCCCCC/C=C\C/C=C\C/C=C\CC. The van der Waals surface area contributed by atoms with Gasteiger partial charge in [0.15, 0.2) is 6.10 Å². The highest BCUT2D eigenvalue weighted by molar-refractivity contribution is 5.71. The number of carbonyl (C=O) groups is 3. The second kappa shape index (κ2) is 57.2. The molecule has 0 rings (SSSR count). The number of allylic oxidation sites excluding steroid dienone is 14. The first kappa shape index (κ1) is 65.6. The molecule has 0 aliphatic heterocycles.